The number of fused-ring (bicyclic) bond motifs is 3. The second kappa shape index (κ2) is 13.4. The van der Waals surface area contributed by atoms with Gasteiger partial charge in [-0.05, 0) is 93.3 Å². The number of carbonyl (C=O) groups excluding carboxylic acids is 1. The molecule has 0 unspecified atom stereocenters. The van der Waals surface area contributed by atoms with E-state index in [0.29, 0.717) is 18.1 Å². The summed E-state index contributed by atoms with van der Waals surface area (Å²) in [5.41, 5.74) is 9.23. The monoisotopic (exact) mass is 634 g/mol. The first-order valence-electron chi connectivity index (χ1n) is 17.3. The van der Waals surface area contributed by atoms with Gasteiger partial charge in [-0.25, -0.2) is 9.97 Å². The third-order valence-electron chi connectivity index (χ3n) is 10.2. The van der Waals surface area contributed by atoms with Crippen LogP contribution in [0.1, 0.15) is 72.3 Å². The van der Waals surface area contributed by atoms with E-state index in [4.69, 9.17) is 14.8 Å². The quantitative estimate of drug-likeness (QED) is 0.226. The van der Waals surface area contributed by atoms with Crippen molar-refractivity contribution in [2.24, 2.45) is 7.05 Å². The Morgan fingerprint density at radius 1 is 1.00 bits per heavy atom. The van der Waals surface area contributed by atoms with Gasteiger partial charge in [0.1, 0.15) is 5.75 Å². The normalized spacial score (nSPS) is 16.6. The Morgan fingerprint density at radius 2 is 1.74 bits per heavy atom. The van der Waals surface area contributed by atoms with E-state index in [9.17, 15) is 4.79 Å². The van der Waals surface area contributed by atoms with Crippen molar-refractivity contribution in [2.45, 2.75) is 71.3 Å². The van der Waals surface area contributed by atoms with Crippen LogP contribution in [-0.2, 0) is 32.7 Å². The lowest BCUT2D eigenvalue weighted by Crippen LogP contribution is -2.43. The Balaban J connectivity index is 1.10. The molecule has 2 aromatic carbocycles. The van der Waals surface area contributed by atoms with Crippen LogP contribution >= 0.6 is 0 Å². The van der Waals surface area contributed by atoms with E-state index in [2.05, 4.69) is 75.7 Å². The molecule has 0 spiro atoms. The lowest BCUT2D eigenvalue weighted by Gasteiger charge is -2.38. The lowest BCUT2D eigenvalue weighted by atomic mass is 9.93. The zero-order chi connectivity index (χ0) is 32.5. The van der Waals surface area contributed by atoms with E-state index in [1.54, 1.807) is 11.8 Å². The Hall–Kier alpha value is -4.44. The van der Waals surface area contributed by atoms with Crippen LogP contribution in [0.5, 0.6) is 5.75 Å². The number of aryl methyl sites for hydroxylation is 4. The fourth-order valence-electron chi connectivity index (χ4n) is 7.67. The first-order chi connectivity index (χ1) is 23.0. The fourth-order valence-corrected chi connectivity index (χ4v) is 7.67. The van der Waals surface area contributed by atoms with E-state index in [1.807, 2.05) is 13.2 Å². The molecule has 10 nitrogen and oxygen atoms in total. The van der Waals surface area contributed by atoms with Crippen molar-refractivity contribution >= 4 is 28.9 Å². The molecule has 246 valence electrons. The molecule has 2 N–H and O–H groups in total. The van der Waals surface area contributed by atoms with Crippen LogP contribution in [0.3, 0.4) is 0 Å². The van der Waals surface area contributed by atoms with E-state index in [-0.39, 0.29) is 5.91 Å². The molecule has 3 aliphatic rings. The second-order valence-electron chi connectivity index (χ2n) is 13.0. The maximum Gasteiger partial charge on any atom is 0.276 e. The number of piperidine rings is 1. The van der Waals surface area contributed by atoms with Gasteiger partial charge < -0.3 is 25.2 Å². The van der Waals surface area contributed by atoms with Crippen LogP contribution in [-0.4, -0.2) is 69.9 Å². The van der Waals surface area contributed by atoms with Crippen molar-refractivity contribution in [1.82, 2.24) is 24.6 Å². The summed E-state index contributed by atoms with van der Waals surface area (Å²) >= 11 is 0. The molecule has 2 aliphatic heterocycles. The third kappa shape index (κ3) is 6.06. The average Bonchev–Trinajstić information content (AvgIpc) is 3.77. The molecule has 7 rings (SSSR count). The molecule has 1 aliphatic carbocycles. The Bertz CT molecular complexity index is 1750. The number of para-hydroxylation sites is 1. The molecule has 4 aromatic rings. The van der Waals surface area contributed by atoms with E-state index in [1.165, 1.54) is 44.5 Å². The molecule has 2 saturated heterocycles. The van der Waals surface area contributed by atoms with Crippen LogP contribution in [0.2, 0.25) is 0 Å². The molecule has 2 fully saturated rings. The molecule has 10 heteroatoms. The smallest absolute Gasteiger partial charge is 0.276 e. The van der Waals surface area contributed by atoms with Gasteiger partial charge in [-0.1, -0.05) is 32.0 Å². The number of methoxy groups -OCH3 is 1. The number of nitrogens with one attached hydrogen (secondary N) is 2. The third-order valence-corrected chi connectivity index (χ3v) is 10.2. The highest BCUT2D eigenvalue weighted by Crippen LogP contribution is 2.37. The van der Waals surface area contributed by atoms with Crippen LogP contribution in [0.4, 0.5) is 23.0 Å². The topological polar surface area (TPSA) is 100 Å². The average molecular weight is 635 g/mol. The van der Waals surface area contributed by atoms with Crippen molar-refractivity contribution in [3.8, 4) is 17.1 Å². The minimum Gasteiger partial charge on any atom is -0.494 e. The Labute approximate surface area is 277 Å². The number of hydrogen-bond donors (Lipinski definition) is 2. The zero-order valence-corrected chi connectivity index (χ0v) is 28.1. The SMILES string of the molecule is CCc1cccc(CC)c1NC(=O)c1nn(C)c2c1CCc1cnc(Nc3ccc(N4CCC(N5CCCC5)CC4)cc3OC)nc1-2. The van der Waals surface area contributed by atoms with Crippen LogP contribution in [0.15, 0.2) is 42.6 Å². The van der Waals surface area contributed by atoms with Gasteiger partial charge in [0.05, 0.1) is 24.2 Å². The lowest BCUT2D eigenvalue weighted by molar-refractivity contribution is 0.102. The fraction of sp³-hybridized carbons (Fsp3) is 0.459. The number of ether oxygens (including phenoxy) is 1. The van der Waals surface area contributed by atoms with Crippen molar-refractivity contribution in [1.29, 1.82) is 0 Å². The highest BCUT2D eigenvalue weighted by Gasteiger charge is 2.30. The van der Waals surface area contributed by atoms with Crippen molar-refractivity contribution in [3.63, 3.8) is 0 Å². The summed E-state index contributed by atoms with van der Waals surface area (Å²) in [4.78, 5) is 28.5. The summed E-state index contributed by atoms with van der Waals surface area (Å²) in [5.74, 6) is 1.05. The number of carbonyl (C=O) groups is 1. The number of amides is 1. The highest BCUT2D eigenvalue weighted by molar-refractivity contribution is 6.06. The summed E-state index contributed by atoms with van der Waals surface area (Å²) < 4.78 is 7.62. The molecule has 2 aromatic heterocycles. The van der Waals surface area contributed by atoms with Crippen molar-refractivity contribution in [2.75, 3.05) is 48.8 Å². The number of hydrogen-bond acceptors (Lipinski definition) is 8. The highest BCUT2D eigenvalue weighted by atomic mass is 16.5. The molecule has 0 radical (unpaired) electrons. The summed E-state index contributed by atoms with van der Waals surface area (Å²) in [6.45, 7) is 8.85. The molecule has 0 atom stereocenters. The van der Waals surface area contributed by atoms with Gasteiger partial charge in [0.2, 0.25) is 5.95 Å². The predicted octanol–water partition coefficient (Wildman–Crippen LogP) is 6.17. The van der Waals surface area contributed by atoms with Gasteiger partial charge >= 0.3 is 0 Å². The number of benzene rings is 2. The van der Waals surface area contributed by atoms with E-state index in [0.717, 1.165) is 89.2 Å². The Morgan fingerprint density at radius 3 is 2.45 bits per heavy atom. The van der Waals surface area contributed by atoms with Crippen LogP contribution < -0.4 is 20.3 Å². The number of anilines is 4. The molecule has 47 heavy (non-hydrogen) atoms. The second-order valence-corrected chi connectivity index (χ2v) is 13.0. The minimum atomic E-state index is -0.182. The van der Waals surface area contributed by atoms with Gasteiger partial charge in [0.25, 0.3) is 5.91 Å². The number of likely N-dealkylation sites (tertiary alicyclic amines) is 1. The molecular formula is C37H46N8O2. The summed E-state index contributed by atoms with van der Waals surface area (Å²) in [6, 6.07) is 13.2. The van der Waals surface area contributed by atoms with E-state index >= 15 is 0 Å². The summed E-state index contributed by atoms with van der Waals surface area (Å²) in [7, 11) is 3.58. The molecule has 0 saturated carbocycles. The minimum absolute atomic E-state index is 0.182. The predicted molar refractivity (Wildman–Crippen MR) is 187 cm³/mol. The number of rotatable bonds is 9. The van der Waals surface area contributed by atoms with Gasteiger partial charge in [-0.2, -0.15) is 5.10 Å². The molecule has 0 bridgehead atoms. The largest absolute Gasteiger partial charge is 0.494 e. The number of nitrogens with zero attached hydrogens (tertiary/aromatic N) is 6. The van der Waals surface area contributed by atoms with Crippen molar-refractivity contribution in [3.05, 3.63) is 70.5 Å². The molecular weight excluding hydrogens is 588 g/mol. The Kier molecular flexibility index (Phi) is 8.86. The maximum atomic E-state index is 13.7. The first kappa shape index (κ1) is 31.2. The van der Waals surface area contributed by atoms with Gasteiger partial charge in [-0.15, -0.1) is 0 Å². The zero-order valence-electron chi connectivity index (χ0n) is 28.1. The number of aromatic nitrogens is 4. The maximum absolute atomic E-state index is 13.7. The standard InChI is InChI=1S/C37H46N8O2/c1-5-24-10-9-11-25(6-2)32(24)40-36(46)34-29-14-12-26-23-38-37(41-33(26)35(29)43(3)42-34)39-30-15-13-28(22-31(30)47-4)45-20-16-27(17-21-45)44-18-7-8-19-44/h9-11,13,15,22-23,27H,5-8,12,14,16-21H2,1-4H3,(H,40,46)(H,38,39,41). The summed E-state index contributed by atoms with van der Waals surface area (Å²) in [5, 5.41) is 11.3. The van der Waals surface area contributed by atoms with Crippen LogP contribution in [0, 0.1) is 0 Å². The molecule has 4 heterocycles. The van der Waals surface area contributed by atoms with Gasteiger partial charge in [0, 0.05) is 55.4 Å². The van der Waals surface area contributed by atoms with Crippen LogP contribution in [0.25, 0.3) is 11.4 Å². The first-order valence-corrected chi connectivity index (χ1v) is 17.3. The van der Waals surface area contributed by atoms with Gasteiger partial charge in [-0.3, -0.25) is 9.48 Å². The van der Waals surface area contributed by atoms with Gasteiger partial charge in [0.15, 0.2) is 5.69 Å². The molecule has 1 amide bonds. The van der Waals surface area contributed by atoms with Crippen molar-refractivity contribution < 1.29 is 9.53 Å². The summed E-state index contributed by atoms with van der Waals surface area (Å²) in [6.07, 6.45) is 10.1. The van der Waals surface area contributed by atoms with E-state index < -0.39 is 0 Å².